The van der Waals surface area contributed by atoms with Gasteiger partial charge in [-0.25, -0.2) is 22.0 Å². The number of nitrogens with zero attached hydrogens (tertiary/aromatic N) is 3. The van der Waals surface area contributed by atoms with Crippen LogP contribution in [0.3, 0.4) is 0 Å². The van der Waals surface area contributed by atoms with E-state index in [1.54, 1.807) is 17.0 Å². The molecule has 1 fully saturated rings. The Morgan fingerprint density at radius 3 is 2.18 bits per heavy atom. The Morgan fingerprint density at radius 1 is 1.00 bits per heavy atom. The first-order valence-electron chi connectivity index (χ1n) is 14.7. The smallest absolute Gasteiger partial charge is 0.324 e. The van der Waals surface area contributed by atoms with Crippen molar-refractivity contribution in [3.8, 4) is 11.5 Å². The van der Waals surface area contributed by atoms with Crippen molar-refractivity contribution in [1.29, 1.82) is 0 Å². The minimum atomic E-state index is -3.77. The van der Waals surface area contributed by atoms with Gasteiger partial charge in [-0.1, -0.05) is 25.5 Å². The van der Waals surface area contributed by atoms with E-state index in [0.29, 0.717) is 24.6 Å². The van der Waals surface area contributed by atoms with E-state index in [-0.39, 0.29) is 23.4 Å². The number of hydrogen-bond donors (Lipinski definition) is 2. The second kappa shape index (κ2) is 15.2. The monoisotopic (exact) mass is 644 g/mol. The van der Waals surface area contributed by atoms with Crippen LogP contribution in [0.5, 0.6) is 11.5 Å². The number of carboxylic acids is 1. The van der Waals surface area contributed by atoms with E-state index >= 15 is 0 Å². The van der Waals surface area contributed by atoms with Gasteiger partial charge in [-0.15, -0.1) is 0 Å². The highest BCUT2D eigenvalue weighted by molar-refractivity contribution is 7.92. The SMILES string of the molecule is CCCCN(C(=O)Nc1ccc(F)cc1F)C1CCN(Cc2ccc(Oc3ccc(N(CC(=O)O)S(C)(=O)=O)cc3)cc2)CC1. The number of benzene rings is 3. The number of piperidine rings is 1. The number of carbonyl (C=O) groups excluding carboxylic acids is 1. The molecule has 10 nitrogen and oxygen atoms in total. The molecule has 1 aliphatic rings. The van der Waals surface area contributed by atoms with E-state index in [4.69, 9.17) is 9.84 Å². The number of rotatable bonds is 13. The number of hydrogen-bond acceptors (Lipinski definition) is 6. The van der Waals surface area contributed by atoms with Gasteiger partial charge >= 0.3 is 12.0 Å². The molecule has 13 heteroatoms. The van der Waals surface area contributed by atoms with Crippen LogP contribution in [-0.2, 0) is 21.4 Å². The Morgan fingerprint density at radius 2 is 1.62 bits per heavy atom. The number of halogens is 2. The molecule has 0 radical (unpaired) electrons. The van der Waals surface area contributed by atoms with Crippen LogP contribution in [0.1, 0.15) is 38.2 Å². The van der Waals surface area contributed by atoms with E-state index in [9.17, 15) is 26.8 Å². The van der Waals surface area contributed by atoms with Gasteiger partial charge in [-0.3, -0.25) is 14.0 Å². The minimum absolute atomic E-state index is 0.00659. The Labute approximate surface area is 262 Å². The third kappa shape index (κ3) is 9.63. The third-order valence-electron chi connectivity index (χ3n) is 7.55. The van der Waals surface area contributed by atoms with Crippen molar-refractivity contribution in [2.24, 2.45) is 0 Å². The fraction of sp³-hybridized carbons (Fsp3) is 0.375. The molecule has 4 rings (SSSR count). The lowest BCUT2D eigenvalue weighted by molar-refractivity contribution is -0.135. The molecule has 0 aromatic heterocycles. The van der Waals surface area contributed by atoms with Crippen molar-refractivity contribution in [2.45, 2.75) is 45.2 Å². The molecule has 0 bridgehead atoms. The van der Waals surface area contributed by atoms with E-state index < -0.39 is 34.2 Å². The van der Waals surface area contributed by atoms with E-state index in [0.717, 1.165) is 67.0 Å². The third-order valence-corrected chi connectivity index (χ3v) is 8.69. The maximum absolute atomic E-state index is 14.1. The number of likely N-dealkylation sites (tertiary alicyclic amines) is 1. The molecule has 0 spiro atoms. The quantitative estimate of drug-likeness (QED) is 0.238. The van der Waals surface area contributed by atoms with Crippen molar-refractivity contribution in [3.63, 3.8) is 0 Å². The summed E-state index contributed by atoms with van der Waals surface area (Å²) < 4.78 is 58.1. The van der Waals surface area contributed by atoms with Gasteiger partial charge in [0.15, 0.2) is 0 Å². The molecule has 0 atom stereocenters. The van der Waals surface area contributed by atoms with Gasteiger partial charge < -0.3 is 20.1 Å². The highest BCUT2D eigenvalue weighted by Gasteiger charge is 2.28. The number of aliphatic carboxylic acids is 1. The largest absolute Gasteiger partial charge is 0.480 e. The predicted molar refractivity (Wildman–Crippen MR) is 168 cm³/mol. The van der Waals surface area contributed by atoms with Gasteiger partial charge in [-0.05, 0) is 73.4 Å². The maximum atomic E-state index is 14.1. The van der Waals surface area contributed by atoms with Gasteiger partial charge in [-0.2, -0.15) is 0 Å². The highest BCUT2D eigenvalue weighted by atomic mass is 32.2. The fourth-order valence-corrected chi connectivity index (χ4v) is 6.06. The molecule has 1 aliphatic heterocycles. The summed E-state index contributed by atoms with van der Waals surface area (Å²) in [5.74, 6) is -1.71. The number of anilines is 2. The molecule has 1 heterocycles. The number of sulfonamides is 1. The predicted octanol–water partition coefficient (Wildman–Crippen LogP) is 5.91. The summed E-state index contributed by atoms with van der Waals surface area (Å²) in [6.07, 6.45) is 4.22. The molecule has 0 saturated carbocycles. The van der Waals surface area contributed by atoms with Crippen molar-refractivity contribution in [2.75, 3.05) is 42.1 Å². The first kappa shape index (κ1) is 33.7. The normalized spacial score (nSPS) is 14.1. The molecular formula is C32H38F2N4O6S. The van der Waals surface area contributed by atoms with Crippen LogP contribution in [0.25, 0.3) is 0 Å². The van der Waals surface area contributed by atoms with Crippen LogP contribution in [0.15, 0.2) is 66.7 Å². The summed E-state index contributed by atoms with van der Waals surface area (Å²) in [5.41, 5.74) is 1.27. The zero-order valence-electron chi connectivity index (χ0n) is 25.3. The first-order valence-corrected chi connectivity index (χ1v) is 16.6. The molecule has 1 saturated heterocycles. The lowest BCUT2D eigenvalue weighted by Gasteiger charge is -2.38. The van der Waals surface area contributed by atoms with Crippen LogP contribution in [-0.4, -0.2) is 73.8 Å². The zero-order chi connectivity index (χ0) is 32.6. The standard InChI is InChI=1S/C32H38F2N4O6S/c1-3-4-17-37(32(41)35-30-14-7-24(33)20-29(30)34)25-15-18-36(19-16-25)21-23-5-10-27(11-6-23)44-28-12-8-26(9-13-28)38(22-31(39)40)45(2,42)43/h5-14,20,25H,3-4,15-19,21-22H2,1-2H3,(H,35,41)(H,39,40). The molecule has 0 aliphatic carbocycles. The number of unbranched alkanes of at least 4 members (excludes halogenated alkanes) is 1. The lowest BCUT2D eigenvalue weighted by Crippen LogP contribution is -2.49. The molecule has 2 N–H and O–H groups in total. The van der Waals surface area contributed by atoms with E-state index in [2.05, 4.69) is 10.2 Å². The number of amides is 2. The van der Waals surface area contributed by atoms with Crippen LogP contribution >= 0.6 is 0 Å². The van der Waals surface area contributed by atoms with E-state index in [1.165, 1.54) is 18.2 Å². The molecule has 0 unspecified atom stereocenters. The number of ether oxygens (including phenoxy) is 1. The topological polar surface area (TPSA) is 119 Å². The molecule has 242 valence electrons. The fourth-order valence-electron chi connectivity index (χ4n) is 5.21. The molecule has 2 amide bonds. The summed E-state index contributed by atoms with van der Waals surface area (Å²) in [6, 6.07) is 16.5. The summed E-state index contributed by atoms with van der Waals surface area (Å²) in [5, 5.41) is 11.7. The second-order valence-corrected chi connectivity index (χ2v) is 12.9. The van der Waals surface area contributed by atoms with Crippen LogP contribution in [0.4, 0.5) is 25.0 Å². The number of urea groups is 1. The van der Waals surface area contributed by atoms with Crippen molar-refractivity contribution in [1.82, 2.24) is 9.80 Å². The Hall–Kier alpha value is -4.23. The van der Waals surface area contributed by atoms with Crippen LogP contribution < -0.4 is 14.4 Å². The summed E-state index contributed by atoms with van der Waals surface area (Å²) in [7, 11) is -3.77. The lowest BCUT2D eigenvalue weighted by atomic mass is 10.0. The first-order chi connectivity index (χ1) is 21.4. The van der Waals surface area contributed by atoms with Gasteiger partial charge in [0.1, 0.15) is 29.7 Å². The minimum Gasteiger partial charge on any atom is -0.480 e. The molecule has 45 heavy (non-hydrogen) atoms. The molecular weight excluding hydrogens is 606 g/mol. The Bertz CT molecular complexity index is 1560. The van der Waals surface area contributed by atoms with E-state index in [1.807, 2.05) is 31.2 Å². The van der Waals surface area contributed by atoms with Crippen LogP contribution in [0.2, 0.25) is 0 Å². The van der Waals surface area contributed by atoms with Crippen molar-refractivity contribution >= 4 is 33.4 Å². The maximum Gasteiger partial charge on any atom is 0.324 e. The van der Waals surface area contributed by atoms with Gasteiger partial charge in [0.2, 0.25) is 10.0 Å². The number of carboxylic acid groups (broad SMARTS) is 1. The Balaban J connectivity index is 1.30. The molecule has 3 aromatic rings. The highest BCUT2D eigenvalue weighted by Crippen LogP contribution is 2.27. The van der Waals surface area contributed by atoms with Crippen LogP contribution in [0, 0.1) is 11.6 Å². The zero-order valence-corrected chi connectivity index (χ0v) is 26.1. The van der Waals surface area contributed by atoms with Crippen molar-refractivity contribution < 1.29 is 36.6 Å². The average molecular weight is 645 g/mol. The summed E-state index contributed by atoms with van der Waals surface area (Å²) in [6.45, 7) is 4.20. The summed E-state index contributed by atoms with van der Waals surface area (Å²) in [4.78, 5) is 28.3. The second-order valence-electron chi connectivity index (χ2n) is 11.0. The number of nitrogens with one attached hydrogen (secondary N) is 1. The van der Waals surface area contributed by atoms with Gasteiger partial charge in [0.05, 0.1) is 17.6 Å². The van der Waals surface area contributed by atoms with Gasteiger partial charge in [0.25, 0.3) is 0 Å². The summed E-state index contributed by atoms with van der Waals surface area (Å²) >= 11 is 0. The van der Waals surface area contributed by atoms with Crippen molar-refractivity contribution in [3.05, 3.63) is 83.9 Å². The Kier molecular flexibility index (Phi) is 11.3. The number of carbonyl (C=O) groups is 2. The molecule has 3 aromatic carbocycles. The van der Waals surface area contributed by atoms with Gasteiger partial charge in [0, 0.05) is 38.3 Å². The average Bonchev–Trinajstić information content (AvgIpc) is 2.99.